The molecule has 2 rings (SSSR count). The highest BCUT2D eigenvalue weighted by Gasteiger charge is 2.41. The van der Waals surface area contributed by atoms with E-state index in [1.807, 2.05) is 13.0 Å². The highest BCUT2D eigenvalue weighted by Crippen LogP contribution is 2.39. The van der Waals surface area contributed by atoms with Gasteiger partial charge in [-0.05, 0) is 31.3 Å². The van der Waals surface area contributed by atoms with E-state index in [2.05, 4.69) is 6.58 Å². The van der Waals surface area contributed by atoms with E-state index in [1.54, 1.807) is 6.92 Å². The Bertz CT molecular complexity index is 507. The Labute approximate surface area is 131 Å². The topological polar surface area (TPSA) is 72.8 Å². The molecule has 1 fully saturated rings. The third-order valence-corrected chi connectivity index (χ3v) is 4.49. The molecule has 0 bridgehead atoms. The Morgan fingerprint density at radius 3 is 2.91 bits per heavy atom. The van der Waals surface area contributed by atoms with Crippen LogP contribution in [0.3, 0.4) is 0 Å². The highest BCUT2D eigenvalue weighted by atomic mass is 16.6. The van der Waals surface area contributed by atoms with Gasteiger partial charge < -0.3 is 14.6 Å². The van der Waals surface area contributed by atoms with Crippen molar-refractivity contribution in [2.24, 2.45) is 11.8 Å². The van der Waals surface area contributed by atoms with Crippen molar-refractivity contribution in [2.45, 2.75) is 58.3 Å². The van der Waals surface area contributed by atoms with Gasteiger partial charge in [0.2, 0.25) is 0 Å². The summed E-state index contributed by atoms with van der Waals surface area (Å²) in [6.07, 6.45) is 2.54. The lowest BCUT2D eigenvalue weighted by atomic mass is 9.89. The minimum Gasteiger partial charge on any atom is -0.463 e. The SMILES string of the molecule is C=C1C(=O)O[C@@H]2C[C@H](C)C([C@@H](O)C[C@H](C)OC(C)=O)=CC[C@H]12. The maximum Gasteiger partial charge on any atom is 0.334 e. The van der Waals surface area contributed by atoms with Crippen LogP contribution in [0.5, 0.6) is 0 Å². The number of esters is 2. The fourth-order valence-electron chi connectivity index (χ4n) is 3.37. The average Bonchev–Trinajstić information content (AvgIpc) is 2.56. The van der Waals surface area contributed by atoms with Gasteiger partial charge in [0.15, 0.2) is 0 Å². The van der Waals surface area contributed by atoms with Gasteiger partial charge in [-0.15, -0.1) is 0 Å². The Hall–Kier alpha value is -1.62. The first-order chi connectivity index (χ1) is 10.3. The second-order valence-electron chi connectivity index (χ2n) is 6.32. The van der Waals surface area contributed by atoms with Gasteiger partial charge in [-0.3, -0.25) is 4.79 Å². The Morgan fingerprint density at radius 1 is 1.59 bits per heavy atom. The molecule has 1 heterocycles. The van der Waals surface area contributed by atoms with Crippen LogP contribution < -0.4 is 0 Å². The van der Waals surface area contributed by atoms with Crippen molar-refractivity contribution in [3.63, 3.8) is 0 Å². The molecular weight excluding hydrogens is 284 g/mol. The van der Waals surface area contributed by atoms with Crippen LogP contribution in [0.15, 0.2) is 23.8 Å². The van der Waals surface area contributed by atoms with Crippen LogP contribution in [0.25, 0.3) is 0 Å². The van der Waals surface area contributed by atoms with Gasteiger partial charge in [0.25, 0.3) is 0 Å². The number of fused-ring (bicyclic) bond motifs is 1. The number of aliphatic hydroxyl groups excluding tert-OH is 1. The quantitative estimate of drug-likeness (QED) is 0.489. The van der Waals surface area contributed by atoms with E-state index in [0.717, 1.165) is 5.57 Å². The van der Waals surface area contributed by atoms with Crippen molar-refractivity contribution < 1.29 is 24.2 Å². The van der Waals surface area contributed by atoms with Crippen molar-refractivity contribution in [1.29, 1.82) is 0 Å². The molecule has 0 aromatic heterocycles. The van der Waals surface area contributed by atoms with E-state index in [9.17, 15) is 14.7 Å². The molecule has 0 aromatic carbocycles. The fraction of sp³-hybridized carbons (Fsp3) is 0.647. The van der Waals surface area contributed by atoms with Crippen LogP contribution >= 0.6 is 0 Å². The first-order valence-electron chi connectivity index (χ1n) is 7.74. The van der Waals surface area contributed by atoms with Crippen LogP contribution in [0.2, 0.25) is 0 Å². The molecule has 0 saturated carbocycles. The highest BCUT2D eigenvalue weighted by molar-refractivity contribution is 5.90. The molecule has 1 saturated heterocycles. The Kier molecular flexibility index (Phi) is 5.06. The molecule has 5 nitrogen and oxygen atoms in total. The summed E-state index contributed by atoms with van der Waals surface area (Å²) in [6.45, 7) is 8.96. The summed E-state index contributed by atoms with van der Waals surface area (Å²) in [5.41, 5.74) is 1.45. The maximum absolute atomic E-state index is 11.6. The van der Waals surface area contributed by atoms with Gasteiger partial charge in [-0.25, -0.2) is 4.79 Å². The normalized spacial score (nSPS) is 30.7. The number of hydrogen-bond donors (Lipinski definition) is 1. The standard InChI is InChI=1S/C17H24O5/c1-9-7-16-14(11(3)17(20)22-16)6-5-13(9)15(19)8-10(2)21-12(4)18/h5,9-10,14-16,19H,3,6-8H2,1-2,4H3/t9-,10-,14+,15-,16+/m0/s1. The van der Waals surface area contributed by atoms with Gasteiger partial charge in [0, 0.05) is 24.8 Å². The van der Waals surface area contributed by atoms with Crippen molar-refractivity contribution in [1.82, 2.24) is 0 Å². The third kappa shape index (κ3) is 3.58. The zero-order chi connectivity index (χ0) is 16.4. The molecule has 0 radical (unpaired) electrons. The molecule has 2 aliphatic rings. The number of hydrogen-bond acceptors (Lipinski definition) is 5. The molecule has 22 heavy (non-hydrogen) atoms. The van der Waals surface area contributed by atoms with Crippen LogP contribution in [-0.4, -0.2) is 35.4 Å². The second-order valence-corrected chi connectivity index (χ2v) is 6.32. The largest absolute Gasteiger partial charge is 0.463 e. The van der Waals surface area contributed by atoms with Gasteiger partial charge in [-0.2, -0.15) is 0 Å². The van der Waals surface area contributed by atoms with Crippen molar-refractivity contribution in [3.05, 3.63) is 23.8 Å². The molecule has 122 valence electrons. The van der Waals surface area contributed by atoms with E-state index in [0.29, 0.717) is 24.8 Å². The lowest BCUT2D eigenvalue weighted by Gasteiger charge is -2.23. The summed E-state index contributed by atoms with van der Waals surface area (Å²) in [7, 11) is 0. The summed E-state index contributed by atoms with van der Waals surface area (Å²) < 4.78 is 10.4. The van der Waals surface area contributed by atoms with E-state index in [-0.39, 0.29) is 36.0 Å². The minimum atomic E-state index is -0.660. The molecule has 5 atom stereocenters. The van der Waals surface area contributed by atoms with Crippen LogP contribution in [0.4, 0.5) is 0 Å². The third-order valence-electron chi connectivity index (χ3n) is 4.49. The van der Waals surface area contributed by atoms with Gasteiger partial charge in [-0.1, -0.05) is 19.6 Å². The van der Waals surface area contributed by atoms with Crippen molar-refractivity contribution in [2.75, 3.05) is 0 Å². The van der Waals surface area contributed by atoms with E-state index < -0.39 is 6.10 Å². The van der Waals surface area contributed by atoms with Crippen molar-refractivity contribution >= 4 is 11.9 Å². The number of rotatable bonds is 4. The minimum absolute atomic E-state index is 0.00513. The number of carbonyl (C=O) groups excluding carboxylic acids is 2. The molecule has 5 heteroatoms. The molecule has 0 spiro atoms. The fourth-order valence-corrected chi connectivity index (χ4v) is 3.37. The second kappa shape index (κ2) is 6.65. The van der Waals surface area contributed by atoms with Crippen molar-refractivity contribution in [3.8, 4) is 0 Å². The summed E-state index contributed by atoms with van der Waals surface area (Å²) in [6, 6.07) is 0. The number of carbonyl (C=O) groups is 2. The summed E-state index contributed by atoms with van der Waals surface area (Å²) in [4.78, 5) is 22.5. The number of allylic oxidation sites excluding steroid dienone is 1. The molecule has 0 unspecified atom stereocenters. The smallest absolute Gasteiger partial charge is 0.334 e. The maximum atomic E-state index is 11.6. The first-order valence-corrected chi connectivity index (χ1v) is 7.74. The summed E-state index contributed by atoms with van der Waals surface area (Å²) in [5, 5.41) is 10.4. The Balaban J connectivity index is 2.04. The van der Waals surface area contributed by atoms with Gasteiger partial charge in [0.1, 0.15) is 12.2 Å². The average molecular weight is 308 g/mol. The summed E-state index contributed by atoms with van der Waals surface area (Å²) >= 11 is 0. The predicted octanol–water partition coefficient (Wildman–Crippen LogP) is 2.14. The van der Waals surface area contributed by atoms with Crippen LogP contribution in [0.1, 0.15) is 40.0 Å². The molecule has 0 amide bonds. The molecule has 1 N–H and O–H groups in total. The van der Waals surface area contributed by atoms with E-state index >= 15 is 0 Å². The lowest BCUT2D eigenvalue weighted by Crippen LogP contribution is -2.25. The first kappa shape index (κ1) is 16.7. The Morgan fingerprint density at radius 2 is 2.27 bits per heavy atom. The molecular formula is C17H24O5. The lowest BCUT2D eigenvalue weighted by molar-refractivity contribution is -0.146. The van der Waals surface area contributed by atoms with Crippen LogP contribution in [0, 0.1) is 11.8 Å². The number of aliphatic hydroxyl groups is 1. The van der Waals surface area contributed by atoms with Crippen LogP contribution in [-0.2, 0) is 19.1 Å². The zero-order valence-electron chi connectivity index (χ0n) is 13.4. The zero-order valence-corrected chi connectivity index (χ0v) is 13.4. The van der Waals surface area contributed by atoms with E-state index in [1.165, 1.54) is 6.92 Å². The molecule has 0 aromatic rings. The van der Waals surface area contributed by atoms with Gasteiger partial charge in [0.05, 0.1) is 6.10 Å². The predicted molar refractivity (Wildman–Crippen MR) is 80.8 cm³/mol. The monoisotopic (exact) mass is 308 g/mol. The molecule has 1 aliphatic heterocycles. The summed E-state index contributed by atoms with van der Waals surface area (Å²) in [5.74, 6) is -0.540. The number of ether oxygens (including phenoxy) is 2. The molecule has 1 aliphatic carbocycles. The van der Waals surface area contributed by atoms with E-state index in [4.69, 9.17) is 9.47 Å². The van der Waals surface area contributed by atoms with Gasteiger partial charge >= 0.3 is 11.9 Å².